The Hall–Kier alpha value is -2.05. The second kappa shape index (κ2) is 4.99. The maximum atomic E-state index is 10.9. The Morgan fingerprint density at radius 3 is 2.87 bits per heavy atom. The summed E-state index contributed by atoms with van der Waals surface area (Å²) >= 11 is 0. The Kier molecular flexibility index (Phi) is 3.67. The molecule has 0 aliphatic carbocycles. The van der Waals surface area contributed by atoms with Crippen molar-refractivity contribution in [1.82, 2.24) is 5.32 Å². The van der Waals surface area contributed by atoms with Crippen molar-refractivity contribution in [3.8, 4) is 0 Å². The normalized spacial score (nSPS) is 19.7. The first-order valence-corrected chi connectivity index (χ1v) is 4.09. The molecule has 1 heterocycles. The third-order valence-corrected chi connectivity index (χ3v) is 1.53. The Bertz CT molecular complexity index is 310. The van der Waals surface area contributed by atoms with Gasteiger partial charge in [-0.05, 0) is 0 Å². The highest BCUT2D eigenvalue weighted by atomic mass is 16.6. The standard InChI is InChI=1S/C8H9NO6/c10-6(11)1-2-7(12)14-3-5-4-15-8(13)9-5/h1-2,5H,3-4H2,(H,9,13)(H,10,11)/b2-1+. The van der Waals surface area contributed by atoms with Crippen LogP contribution < -0.4 is 5.32 Å². The molecule has 0 aromatic heterocycles. The third kappa shape index (κ3) is 4.12. The van der Waals surface area contributed by atoms with Gasteiger partial charge in [0.25, 0.3) is 0 Å². The van der Waals surface area contributed by atoms with Gasteiger partial charge in [0.05, 0.1) is 0 Å². The summed E-state index contributed by atoms with van der Waals surface area (Å²) in [5.74, 6) is -2.01. The number of nitrogens with one attached hydrogen (secondary N) is 1. The van der Waals surface area contributed by atoms with E-state index in [0.717, 1.165) is 6.08 Å². The molecule has 0 bridgehead atoms. The molecule has 0 aromatic carbocycles. The van der Waals surface area contributed by atoms with Gasteiger partial charge in [-0.2, -0.15) is 0 Å². The molecule has 1 aliphatic rings. The summed E-state index contributed by atoms with van der Waals surface area (Å²) in [5.41, 5.74) is 0. The van der Waals surface area contributed by atoms with Gasteiger partial charge < -0.3 is 19.9 Å². The average Bonchev–Trinajstić information content (AvgIpc) is 2.58. The van der Waals surface area contributed by atoms with Crippen LogP contribution in [0, 0.1) is 0 Å². The van der Waals surface area contributed by atoms with Crippen LogP contribution >= 0.6 is 0 Å². The van der Waals surface area contributed by atoms with E-state index < -0.39 is 18.0 Å². The largest absolute Gasteiger partial charge is 0.478 e. The maximum Gasteiger partial charge on any atom is 0.407 e. The molecule has 1 atom stereocenters. The fourth-order valence-electron chi connectivity index (χ4n) is 0.886. The minimum absolute atomic E-state index is 0.0471. The van der Waals surface area contributed by atoms with Gasteiger partial charge in [-0.25, -0.2) is 14.4 Å². The number of carboxylic acids is 1. The van der Waals surface area contributed by atoms with Crippen molar-refractivity contribution in [2.24, 2.45) is 0 Å². The maximum absolute atomic E-state index is 10.9. The van der Waals surface area contributed by atoms with E-state index in [2.05, 4.69) is 14.8 Å². The van der Waals surface area contributed by atoms with Crippen LogP contribution in [0.3, 0.4) is 0 Å². The van der Waals surface area contributed by atoms with E-state index in [9.17, 15) is 14.4 Å². The molecule has 7 nitrogen and oxygen atoms in total. The molecular formula is C8H9NO6. The lowest BCUT2D eigenvalue weighted by Gasteiger charge is -2.06. The minimum atomic E-state index is -1.23. The molecule has 0 aromatic rings. The summed E-state index contributed by atoms with van der Waals surface area (Å²) in [6, 6.07) is -0.375. The van der Waals surface area contributed by atoms with Gasteiger partial charge in [0.15, 0.2) is 0 Å². The zero-order chi connectivity index (χ0) is 11.3. The first-order chi connectivity index (χ1) is 7.08. The molecule has 2 N–H and O–H groups in total. The van der Waals surface area contributed by atoms with E-state index in [1.807, 2.05) is 0 Å². The number of ether oxygens (including phenoxy) is 2. The number of hydrogen-bond acceptors (Lipinski definition) is 5. The van der Waals surface area contributed by atoms with Crippen LogP contribution in [0.15, 0.2) is 12.2 Å². The SMILES string of the molecule is O=C(O)/C=C/C(=O)OCC1COC(=O)N1. The van der Waals surface area contributed by atoms with E-state index in [4.69, 9.17) is 5.11 Å². The second-order valence-electron chi connectivity index (χ2n) is 2.74. The fourth-order valence-corrected chi connectivity index (χ4v) is 0.886. The quantitative estimate of drug-likeness (QED) is 0.474. The average molecular weight is 215 g/mol. The van der Waals surface area contributed by atoms with Crippen molar-refractivity contribution in [3.05, 3.63) is 12.2 Å². The zero-order valence-corrected chi connectivity index (χ0v) is 7.63. The van der Waals surface area contributed by atoms with Gasteiger partial charge in [-0.1, -0.05) is 0 Å². The summed E-state index contributed by atoms with van der Waals surface area (Å²) in [4.78, 5) is 31.4. The van der Waals surface area contributed by atoms with Gasteiger partial charge >= 0.3 is 18.0 Å². The van der Waals surface area contributed by atoms with Crippen LogP contribution in [-0.4, -0.2) is 42.4 Å². The summed E-state index contributed by atoms with van der Waals surface area (Å²) in [7, 11) is 0. The predicted octanol–water partition coefficient (Wildman–Crippen LogP) is -0.721. The number of rotatable bonds is 4. The van der Waals surface area contributed by atoms with Crippen LogP contribution in [0.1, 0.15) is 0 Å². The molecule has 1 saturated heterocycles. The van der Waals surface area contributed by atoms with Crippen molar-refractivity contribution in [3.63, 3.8) is 0 Å². The monoisotopic (exact) mass is 215 g/mol. The number of carboxylic acid groups (broad SMARTS) is 1. The molecule has 82 valence electrons. The molecule has 1 unspecified atom stereocenters. The number of carbonyl (C=O) groups is 3. The highest BCUT2D eigenvalue weighted by Crippen LogP contribution is 1.98. The summed E-state index contributed by atoms with van der Waals surface area (Å²) < 4.78 is 9.18. The third-order valence-electron chi connectivity index (χ3n) is 1.53. The number of amides is 1. The summed E-state index contributed by atoms with van der Waals surface area (Å²) in [5, 5.41) is 10.6. The van der Waals surface area contributed by atoms with E-state index >= 15 is 0 Å². The van der Waals surface area contributed by atoms with Crippen molar-refractivity contribution in [2.45, 2.75) is 6.04 Å². The van der Waals surface area contributed by atoms with E-state index in [1.54, 1.807) is 0 Å². The Balaban J connectivity index is 2.22. The lowest BCUT2D eigenvalue weighted by atomic mass is 10.3. The minimum Gasteiger partial charge on any atom is -0.478 e. The van der Waals surface area contributed by atoms with Gasteiger partial charge in [-0.15, -0.1) is 0 Å². The Labute approximate surface area is 84.7 Å². The van der Waals surface area contributed by atoms with Crippen molar-refractivity contribution in [1.29, 1.82) is 0 Å². The molecule has 1 fully saturated rings. The van der Waals surface area contributed by atoms with Crippen LogP contribution in [0.25, 0.3) is 0 Å². The van der Waals surface area contributed by atoms with E-state index in [1.165, 1.54) is 0 Å². The lowest BCUT2D eigenvalue weighted by Crippen LogP contribution is -2.31. The number of cyclic esters (lactones) is 1. The topological polar surface area (TPSA) is 102 Å². The van der Waals surface area contributed by atoms with E-state index in [-0.39, 0.29) is 19.3 Å². The lowest BCUT2D eigenvalue weighted by molar-refractivity contribution is -0.139. The predicted molar refractivity (Wildman–Crippen MR) is 46.0 cm³/mol. The zero-order valence-electron chi connectivity index (χ0n) is 7.63. The smallest absolute Gasteiger partial charge is 0.407 e. The van der Waals surface area contributed by atoms with Crippen molar-refractivity contribution < 1.29 is 29.0 Å². The molecule has 0 spiro atoms. The highest BCUT2D eigenvalue weighted by Gasteiger charge is 2.22. The first-order valence-electron chi connectivity index (χ1n) is 4.09. The number of esters is 1. The van der Waals surface area contributed by atoms with Gasteiger partial charge in [0.1, 0.15) is 19.3 Å². The van der Waals surface area contributed by atoms with Gasteiger partial charge in [0, 0.05) is 12.2 Å². The molecule has 7 heteroatoms. The van der Waals surface area contributed by atoms with Crippen LogP contribution in [0.5, 0.6) is 0 Å². The Morgan fingerprint density at radius 1 is 1.60 bits per heavy atom. The van der Waals surface area contributed by atoms with Crippen LogP contribution in [0.2, 0.25) is 0 Å². The molecule has 1 amide bonds. The van der Waals surface area contributed by atoms with Gasteiger partial charge in [-0.3, -0.25) is 0 Å². The van der Waals surface area contributed by atoms with Crippen LogP contribution in [-0.2, 0) is 19.1 Å². The number of alkyl carbamates (subject to hydrolysis) is 1. The molecule has 0 radical (unpaired) electrons. The molecule has 15 heavy (non-hydrogen) atoms. The van der Waals surface area contributed by atoms with Crippen molar-refractivity contribution in [2.75, 3.05) is 13.2 Å². The molecule has 0 saturated carbocycles. The van der Waals surface area contributed by atoms with Gasteiger partial charge in [0.2, 0.25) is 0 Å². The highest BCUT2D eigenvalue weighted by molar-refractivity contribution is 5.90. The van der Waals surface area contributed by atoms with E-state index in [0.29, 0.717) is 6.08 Å². The second-order valence-corrected chi connectivity index (χ2v) is 2.74. The molecule has 1 aliphatic heterocycles. The number of carbonyl (C=O) groups excluding carboxylic acids is 2. The Morgan fingerprint density at radius 2 is 2.33 bits per heavy atom. The number of hydrogen-bond donors (Lipinski definition) is 2. The van der Waals surface area contributed by atoms with Crippen molar-refractivity contribution >= 4 is 18.0 Å². The molecule has 1 rings (SSSR count). The first kappa shape index (κ1) is 11.0. The fraction of sp³-hybridized carbons (Fsp3) is 0.375. The molecular weight excluding hydrogens is 206 g/mol. The summed E-state index contributed by atoms with van der Waals surface area (Å²) in [6.07, 6.45) is 0.906. The number of aliphatic carboxylic acids is 1. The van der Waals surface area contributed by atoms with Crippen LogP contribution in [0.4, 0.5) is 4.79 Å². The summed E-state index contributed by atoms with van der Waals surface area (Å²) in [6.45, 7) is 0.0866.